The van der Waals surface area contributed by atoms with Crippen LogP contribution in [0.2, 0.25) is 0 Å². The smallest absolute Gasteiger partial charge is 0.00241 e. The van der Waals surface area contributed by atoms with E-state index in [4.69, 9.17) is 0 Å². The predicted octanol–water partition coefficient (Wildman–Crippen LogP) is 38.6. The van der Waals surface area contributed by atoms with E-state index < -0.39 is 0 Å². The summed E-state index contributed by atoms with van der Waals surface area (Å²) >= 11 is 0. The molecule has 0 aliphatic carbocycles. The molecule has 0 heteroatoms. The van der Waals surface area contributed by atoms with E-state index in [-0.39, 0.29) is 0 Å². The molecule has 20 aromatic rings. The Balaban J connectivity index is 0.000000282. The lowest BCUT2D eigenvalue weighted by Gasteiger charge is -2.12. The van der Waals surface area contributed by atoms with Gasteiger partial charge in [-0.05, 0) is 234 Å². The first-order valence-corrected chi connectivity index (χ1v) is 44.3. The first-order valence-electron chi connectivity index (χ1n) is 44.3. The Kier molecular flexibility index (Phi) is 43.7. The van der Waals surface area contributed by atoms with Crippen LogP contribution in [0.1, 0.15) is 191 Å². The van der Waals surface area contributed by atoms with Crippen molar-refractivity contribution in [2.75, 3.05) is 0 Å². The van der Waals surface area contributed by atoms with Gasteiger partial charge in [-0.15, -0.1) is 0 Å². The van der Waals surface area contributed by atoms with Crippen molar-refractivity contribution in [1.29, 1.82) is 0 Å². The third-order valence-corrected chi connectivity index (χ3v) is 19.4. The Labute approximate surface area is 707 Å². The van der Waals surface area contributed by atoms with Crippen molar-refractivity contribution in [2.45, 2.75) is 201 Å². The molecule has 0 radical (unpaired) electrons. The molecule has 0 unspecified atom stereocenters. The van der Waals surface area contributed by atoms with Crippen molar-refractivity contribution in [3.63, 3.8) is 0 Å². The minimum atomic E-state index is 1.31. The molecular weight excluding hydrogens is 1410 g/mol. The molecule has 0 amide bonds. The summed E-state index contributed by atoms with van der Waals surface area (Å²) in [5.74, 6) is 0. The standard InChI is InChI=1S/2C17H12.C16H14.3C15H12.11C2H6/c1-11-10-14-6-2-4-12-8-9-13-5-3-7-15(11)17(13)16(12)14;1-11-5-6-14-8-7-12-3-2-4-13-9-10-15(11)17(14)16(12)13;1-11-7-8-13-10-12(2)14-5-3-4-6-15(14)16(13)9-11;1-11-10-12-6-2-3-8-14(12)15-9-5-4-7-13(11)15;1-11-6-9-15-13(10-11)8-7-12-4-2-3-5-14(12)15;1-11-6-7-14-9-12-4-2-3-5-13(12)10-15(14)8-11;11*1-2/h2*2-10H,1H3;3-10H,1-2H3;3*2-10H,1H3;11*1-2H3. The van der Waals surface area contributed by atoms with E-state index in [0.29, 0.717) is 0 Å². The predicted molar refractivity (Wildman–Crippen MR) is 544 cm³/mol. The van der Waals surface area contributed by atoms with Crippen LogP contribution < -0.4 is 0 Å². The molecule has 0 saturated heterocycles. The summed E-state index contributed by atoms with van der Waals surface area (Å²) in [5, 5.41) is 37.9. The lowest BCUT2D eigenvalue weighted by Crippen LogP contribution is -1.85. The van der Waals surface area contributed by atoms with Gasteiger partial charge in [-0.25, -0.2) is 0 Å². The third-order valence-electron chi connectivity index (χ3n) is 19.4. The van der Waals surface area contributed by atoms with Crippen LogP contribution in [0.3, 0.4) is 0 Å². The number of benzene rings is 20. The van der Waals surface area contributed by atoms with Crippen LogP contribution in [0.25, 0.3) is 151 Å². The van der Waals surface area contributed by atoms with E-state index in [1.54, 1.807) is 0 Å². The zero-order chi connectivity index (χ0) is 86.7. The number of hydrogen-bond donors (Lipinski definition) is 0. The van der Waals surface area contributed by atoms with Gasteiger partial charge in [0, 0.05) is 0 Å². The lowest BCUT2D eigenvalue weighted by molar-refractivity contribution is 1.50. The highest BCUT2D eigenvalue weighted by Crippen LogP contribution is 2.39. The highest BCUT2D eigenvalue weighted by Gasteiger charge is 2.12. The molecule has 20 rings (SSSR count). The molecule has 608 valence electrons. The number of fused-ring (bicyclic) bond motifs is 11. The van der Waals surface area contributed by atoms with Gasteiger partial charge in [-0.1, -0.05) is 478 Å². The number of hydrogen-bond acceptors (Lipinski definition) is 0. The van der Waals surface area contributed by atoms with Gasteiger partial charge >= 0.3 is 0 Å². The van der Waals surface area contributed by atoms with Crippen LogP contribution in [0, 0.1) is 48.5 Å². The topological polar surface area (TPSA) is 0 Å². The van der Waals surface area contributed by atoms with Gasteiger partial charge < -0.3 is 0 Å². The van der Waals surface area contributed by atoms with Crippen LogP contribution in [0.5, 0.6) is 0 Å². The molecule has 0 aliphatic rings. The molecule has 0 atom stereocenters. The molecule has 0 heterocycles. The molecule has 0 spiro atoms. The van der Waals surface area contributed by atoms with E-state index in [9.17, 15) is 0 Å². The quantitative estimate of drug-likeness (QED) is 0.105. The normalized spacial score (nSPS) is 9.75. The molecule has 0 bridgehead atoms. The molecule has 20 aromatic carbocycles. The van der Waals surface area contributed by atoms with Gasteiger partial charge in [0.15, 0.2) is 0 Å². The molecule has 0 N–H and O–H groups in total. The Morgan fingerprint density at radius 3 is 0.863 bits per heavy atom. The van der Waals surface area contributed by atoms with Gasteiger partial charge in [0.25, 0.3) is 0 Å². The number of aryl methyl sites for hydroxylation is 7. The Hall–Kier alpha value is -11.4. The summed E-state index contributed by atoms with van der Waals surface area (Å²) in [5.41, 5.74) is 9.38. The van der Waals surface area contributed by atoms with Gasteiger partial charge in [-0.2, -0.15) is 0 Å². The summed E-state index contributed by atoms with van der Waals surface area (Å²) in [6.45, 7) is 59.2. The average molecular weight is 1550 g/mol. The van der Waals surface area contributed by atoms with Crippen LogP contribution in [-0.2, 0) is 0 Å². The summed E-state index contributed by atoms with van der Waals surface area (Å²) in [6, 6.07) is 116. The van der Waals surface area contributed by atoms with E-state index in [1.807, 2.05) is 152 Å². The van der Waals surface area contributed by atoms with Crippen LogP contribution in [0.15, 0.2) is 322 Å². The minimum absolute atomic E-state index is 1.31. The fourth-order valence-electron chi connectivity index (χ4n) is 14.7. The Morgan fingerprint density at radius 1 is 0.111 bits per heavy atom. The van der Waals surface area contributed by atoms with E-state index in [0.717, 1.165) is 0 Å². The van der Waals surface area contributed by atoms with Crippen LogP contribution >= 0.6 is 0 Å². The first-order chi connectivity index (χ1) is 57.5. The van der Waals surface area contributed by atoms with E-state index in [2.05, 4.69) is 370 Å². The largest absolute Gasteiger partial charge is 0.0683 e. The summed E-state index contributed by atoms with van der Waals surface area (Å²) in [7, 11) is 0. The molecule has 0 aromatic heterocycles. The highest BCUT2D eigenvalue weighted by atomic mass is 14.2. The van der Waals surface area contributed by atoms with Crippen molar-refractivity contribution >= 4 is 151 Å². The second-order valence-electron chi connectivity index (χ2n) is 26.0. The summed E-state index contributed by atoms with van der Waals surface area (Å²) < 4.78 is 0. The first kappa shape index (κ1) is 97.9. The molecule has 0 fully saturated rings. The van der Waals surface area contributed by atoms with Crippen LogP contribution in [0.4, 0.5) is 0 Å². The SMILES string of the molecule is CC.CC.CC.CC.CC.CC.CC.CC.CC.CC.CC.Cc1cc2cccc3ccc4cccc1c4c32.Cc1cc2ccccc2c2ccccc12.Cc1ccc2c(ccc3ccccc32)c1.Cc1ccc2cc(C)c3ccccc3c2c1.Cc1ccc2cc3ccccc3cc2c1.Cc1ccc2ccc3cccc4ccc1c2c34. The Morgan fingerprint density at radius 2 is 0.350 bits per heavy atom. The molecule has 0 nitrogen and oxygen atoms in total. The molecule has 0 saturated carbocycles. The Bertz CT molecular complexity index is 6150. The maximum atomic E-state index is 2.30. The maximum absolute atomic E-state index is 2.30. The van der Waals surface area contributed by atoms with Gasteiger partial charge in [-0.3, -0.25) is 0 Å². The van der Waals surface area contributed by atoms with Crippen molar-refractivity contribution in [3.05, 3.63) is 360 Å². The molecule has 0 aliphatic heterocycles. The number of rotatable bonds is 0. The molecular formula is C117H140. The van der Waals surface area contributed by atoms with Crippen molar-refractivity contribution in [1.82, 2.24) is 0 Å². The third kappa shape index (κ3) is 24.1. The van der Waals surface area contributed by atoms with Crippen molar-refractivity contribution < 1.29 is 0 Å². The zero-order valence-corrected chi connectivity index (χ0v) is 77.1. The van der Waals surface area contributed by atoms with E-state index >= 15 is 0 Å². The monoisotopic (exact) mass is 1550 g/mol. The second-order valence-corrected chi connectivity index (χ2v) is 26.0. The highest BCUT2D eigenvalue weighted by molar-refractivity contribution is 6.25. The second kappa shape index (κ2) is 52.2. The fraction of sp³-hybridized carbons (Fsp3) is 0.248. The maximum Gasteiger partial charge on any atom is -0.00241 e. The van der Waals surface area contributed by atoms with Gasteiger partial charge in [0.1, 0.15) is 0 Å². The summed E-state index contributed by atoms with van der Waals surface area (Å²) in [4.78, 5) is 0. The zero-order valence-electron chi connectivity index (χ0n) is 77.1. The fourth-order valence-corrected chi connectivity index (χ4v) is 14.7. The molecule has 117 heavy (non-hydrogen) atoms. The minimum Gasteiger partial charge on any atom is -0.0683 e. The van der Waals surface area contributed by atoms with E-state index in [1.165, 1.54) is 190 Å². The summed E-state index contributed by atoms with van der Waals surface area (Å²) in [6.07, 6.45) is 0. The lowest BCUT2D eigenvalue weighted by atomic mass is 9.92. The van der Waals surface area contributed by atoms with Crippen LogP contribution in [-0.4, -0.2) is 0 Å². The van der Waals surface area contributed by atoms with Gasteiger partial charge in [0.05, 0.1) is 0 Å². The van der Waals surface area contributed by atoms with Gasteiger partial charge in [0.2, 0.25) is 0 Å². The van der Waals surface area contributed by atoms with Crippen molar-refractivity contribution in [3.8, 4) is 0 Å². The van der Waals surface area contributed by atoms with Crippen molar-refractivity contribution in [2.24, 2.45) is 0 Å². The average Bonchev–Trinajstić information content (AvgIpc) is 0.745.